The van der Waals surface area contributed by atoms with Crippen LogP contribution in [0, 0.1) is 10.1 Å². The number of nitro groups is 1. The number of aliphatic carboxylic acids is 1. The molecule has 6 nitrogen and oxygen atoms in total. The van der Waals surface area contributed by atoms with Gasteiger partial charge in [0.2, 0.25) is 0 Å². The zero-order valence-corrected chi connectivity index (χ0v) is 8.67. The first-order valence-electron chi connectivity index (χ1n) is 4.57. The van der Waals surface area contributed by atoms with Gasteiger partial charge in [-0.15, -0.1) is 0 Å². The molecule has 6 heteroatoms. The fourth-order valence-corrected chi connectivity index (χ4v) is 1.29. The molecule has 0 unspecified atom stereocenters. The topological polar surface area (TPSA) is 89.7 Å². The van der Waals surface area contributed by atoms with Crippen molar-refractivity contribution in [3.63, 3.8) is 0 Å². The third-order valence-corrected chi connectivity index (χ3v) is 2.09. The van der Waals surface area contributed by atoms with Crippen LogP contribution in [-0.2, 0) is 11.2 Å². The van der Waals surface area contributed by atoms with Crippen LogP contribution >= 0.6 is 0 Å². The zero-order chi connectivity index (χ0) is 12.1. The summed E-state index contributed by atoms with van der Waals surface area (Å²) in [5.74, 6) is -0.573. The molecule has 86 valence electrons. The van der Waals surface area contributed by atoms with Crippen molar-refractivity contribution in [3.05, 3.63) is 33.9 Å². The van der Waals surface area contributed by atoms with Gasteiger partial charge in [0, 0.05) is 12.5 Å². The van der Waals surface area contributed by atoms with Gasteiger partial charge >= 0.3 is 5.97 Å². The summed E-state index contributed by atoms with van der Waals surface area (Å²) >= 11 is 0. The Bertz CT molecular complexity index is 416. The molecule has 0 atom stereocenters. The highest BCUT2D eigenvalue weighted by Crippen LogP contribution is 2.25. The molecule has 0 aliphatic heterocycles. The van der Waals surface area contributed by atoms with Crippen LogP contribution in [-0.4, -0.2) is 23.1 Å². The van der Waals surface area contributed by atoms with E-state index in [4.69, 9.17) is 9.84 Å². The maximum absolute atomic E-state index is 10.5. The summed E-state index contributed by atoms with van der Waals surface area (Å²) in [5, 5.41) is 19.0. The average Bonchev–Trinajstić information content (AvgIpc) is 2.25. The Morgan fingerprint density at radius 2 is 2.25 bits per heavy atom. The maximum atomic E-state index is 10.5. The van der Waals surface area contributed by atoms with Crippen LogP contribution in [0.3, 0.4) is 0 Å². The van der Waals surface area contributed by atoms with Crippen LogP contribution in [0.4, 0.5) is 5.69 Å². The van der Waals surface area contributed by atoms with E-state index >= 15 is 0 Å². The number of benzene rings is 1. The second-order valence-corrected chi connectivity index (χ2v) is 3.15. The number of carboxylic acids is 1. The van der Waals surface area contributed by atoms with E-state index in [9.17, 15) is 14.9 Å². The lowest BCUT2D eigenvalue weighted by atomic mass is 10.1. The summed E-state index contributed by atoms with van der Waals surface area (Å²) < 4.78 is 4.97. The number of nitrogens with zero attached hydrogens (tertiary/aromatic N) is 1. The highest BCUT2D eigenvalue weighted by Gasteiger charge is 2.11. The summed E-state index contributed by atoms with van der Waals surface area (Å²) in [6.45, 7) is 0. The molecule has 1 aromatic carbocycles. The first-order chi connectivity index (χ1) is 7.54. The smallest absolute Gasteiger partial charge is 0.303 e. The molecule has 16 heavy (non-hydrogen) atoms. The largest absolute Gasteiger partial charge is 0.496 e. The monoisotopic (exact) mass is 225 g/mol. The van der Waals surface area contributed by atoms with Crippen LogP contribution in [0.2, 0.25) is 0 Å². The molecule has 1 rings (SSSR count). The van der Waals surface area contributed by atoms with E-state index in [1.165, 1.54) is 25.3 Å². The number of non-ortho nitro benzene ring substituents is 1. The summed E-state index contributed by atoms with van der Waals surface area (Å²) in [6.07, 6.45) is 0.255. The molecule has 0 amide bonds. The van der Waals surface area contributed by atoms with E-state index < -0.39 is 10.9 Å². The third kappa shape index (κ3) is 2.94. The summed E-state index contributed by atoms with van der Waals surface area (Å²) in [6, 6.07) is 4.14. The standard InChI is InChI=1S/C10H11NO5/c1-16-9-6-8(11(14)15)4-2-7(9)3-5-10(12)13/h2,4,6H,3,5H2,1H3,(H,12,13). The fourth-order valence-electron chi connectivity index (χ4n) is 1.29. The number of hydrogen-bond donors (Lipinski definition) is 1. The Morgan fingerprint density at radius 1 is 1.56 bits per heavy atom. The van der Waals surface area contributed by atoms with Crippen molar-refractivity contribution in [2.45, 2.75) is 12.8 Å². The van der Waals surface area contributed by atoms with E-state index in [1.807, 2.05) is 0 Å². The Hall–Kier alpha value is -2.11. The molecule has 0 saturated carbocycles. The minimum Gasteiger partial charge on any atom is -0.496 e. The number of carbonyl (C=O) groups is 1. The van der Waals surface area contributed by atoms with Gasteiger partial charge in [0.05, 0.1) is 18.1 Å². The number of methoxy groups -OCH3 is 1. The molecule has 0 bridgehead atoms. The van der Waals surface area contributed by atoms with Crippen molar-refractivity contribution < 1.29 is 19.6 Å². The first kappa shape index (κ1) is 12.0. The van der Waals surface area contributed by atoms with Gasteiger partial charge in [-0.3, -0.25) is 14.9 Å². The Balaban J connectivity index is 2.93. The van der Waals surface area contributed by atoms with Gasteiger partial charge in [0.25, 0.3) is 5.69 Å². The molecule has 0 fully saturated rings. The van der Waals surface area contributed by atoms with Crippen molar-refractivity contribution in [2.24, 2.45) is 0 Å². The number of nitro benzene ring substituents is 1. The Morgan fingerprint density at radius 3 is 2.75 bits per heavy atom. The third-order valence-electron chi connectivity index (χ3n) is 2.09. The molecule has 1 N–H and O–H groups in total. The number of carboxylic acid groups (broad SMARTS) is 1. The number of rotatable bonds is 5. The normalized spacial score (nSPS) is 9.81. The van der Waals surface area contributed by atoms with Gasteiger partial charge in [0.15, 0.2) is 0 Å². The van der Waals surface area contributed by atoms with E-state index in [1.54, 1.807) is 0 Å². The first-order valence-corrected chi connectivity index (χ1v) is 4.57. The minimum absolute atomic E-state index is 0.0336. The maximum Gasteiger partial charge on any atom is 0.303 e. The van der Waals surface area contributed by atoms with Crippen LogP contribution in [0.25, 0.3) is 0 Å². The zero-order valence-electron chi connectivity index (χ0n) is 8.67. The SMILES string of the molecule is COc1cc([N+](=O)[O-])ccc1CCC(=O)O. The van der Waals surface area contributed by atoms with Crippen molar-refractivity contribution in [1.82, 2.24) is 0 Å². The highest BCUT2D eigenvalue weighted by atomic mass is 16.6. The Labute approximate surface area is 91.6 Å². The van der Waals surface area contributed by atoms with Gasteiger partial charge in [0.1, 0.15) is 5.75 Å². The minimum atomic E-state index is -0.916. The summed E-state index contributed by atoms with van der Waals surface area (Å²) in [5.41, 5.74) is 0.575. The molecule has 0 spiro atoms. The van der Waals surface area contributed by atoms with Gasteiger partial charge in [-0.2, -0.15) is 0 Å². The van der Waals surface area contributed by atoms with E-state index in [0.29, 0.717) is 11.3 Å². The van der Waals surface area contributed by atoms with E-state index in [-0.39, 0.29) is 18.5 Å². The molecule has 0 aliphatic rings. The molecule has 0 radical (unpaired) electrons. The molecule has 0 aromatic heterocycles. The fraction of sp³-hybridized carbons (Fsp3) is 0.300. The van der Waals surface area contributed by atoms with Gasteiger partial charge in [-0.05, 0) is 18.1 Å². The quantitative estimate of drug-likeness (QED) is 0.607. The van der Waals surface area contributed by atoms with Gasteiger partial charge in [-0.1, -0.05) is 0 Å². The van der Waals surface area contributed by atoms with Crippen molar-refractivity contribution >= 4 is 11.7 Å². The van der Waals surface area contributed by atoms with E-state index in [0.717, 1.165) is 0 Å². The molecule has 1 aromatic rings. The number of aryl methyl sites for hydroxylation is 1. The Kier molecular flexibility index (Phi) is 3.82. The second-order valence-electron chi connectivity index (χ2n) is 3.15. The van der Waals surface area contributed by atoms with Crippen LogP contribution in [0.15, 0.2) is 18.2 Å². The molecule has 0 saturated heterocycles. The lowest BCUT2D eigenvalue weighted by Crippen LogP contribution is -2.00. The van der Waals surface area contributed by atoms with E-state index in [2.05, 4.69) is 0 Å². The molecular weight excluding hydrogens is 214 g/mol. The molecule has 0 heterocycles. The molecular formula is C10H11NO5. The predicted octanol–water partition coefficient (Wildman–Crippen LogP) is 1.62. The molecule has 0 aliphatic carbocycles. The highest BCUT2D eigenvalue weighted by molar-refractivity contribution is 5.67. The number of ether oxygens (including phenoxy) is 1. The number of hydrogen-bond acceptors (Lipinski definition) is 4. The summed E-state index contributed by atoms with van der Waals surface area (Å²) in [7, 11) is 1.39. The summed E-state index contributed by atoms with van der Waals surface area (Å²) in [4.78, 5) is 20.4. The van der Waals surface area contributed by atoms with Crippen LogP contribution < -0.4 is 4.74 Å². The van der Waals surface area contributed by atoms with Crippen LogP contribution in [0.5, 0.6) is 5.75 Å². The van der Waals surface area contributed by atoms with Gasteiger partial charge in [-0.25, -0.2) is 0 Å². The van der Waals surface area contributed by atoms with Crippen molar-refractivity contribution in [2.75, 3.05) is 7.11 Å². The van der Waals surface area contributed by atoms with Gasteiger partial charge < -0.3 is 9.84 Å². The second kappa shape index (κ2) is 5.11. The average molecular weight is 225 g/mol. The van der Waals surface area contributed by atoms with Crippen LogP contribution in [0.1, 0.15) is 12.0 Å². The lowest BCUT2D eigenvalue weighted by Gasteiger charge is -2.06. The predicted molar refractivity (Wildman–Crippen MR) is 55.6 cm³/mol. The lowest BCUT2D eigenvalue weighted by molar-refractivity contribution is -0.384. The van der Waals surface area contributed by atoms with Crippen molar-refractivity contribution in [3.8, 4) is 5.75 Å². The van der Waals surface area contributed by atoms with Crippen molar-refractivity contribution in [1.29, 1.82) is 0 Å².